The molecule has 0 heteroatoms. The van der Waals surface area contributed by atoms with Crippen LogP contribution in [-0.4, -0.2) is 0 Å². The Kier molecular flexibility index (Phi) is 3.28. The van der Waals surface area contributed by atoms with Gasteiger partial charge in [0.15, 0.2) is 0 Å². The van der Waals surface area contributed by atoms with Gasteiger partial charge in [0.2, 0.25) is 0 Å². The molecule has 10 aromatic rings. The highest BCUT2D eigenvalue weighted by Gasteiger charge is 2.21. The van der Waals surface area contributed by atoms with E-state index in [-0.39, 0.29) is 50.4 Å². The average Bonchev–Trinajstić information content (AvgIpc) is 3.19. The summed E-state index contributed by atoms with van der Waals surface area (Å²) in [6.07, 6.45) is 0. The van der Waals surface area contributed by atoms with Crippen LogP contribution in [-0.2, 0) is 0 Å². The zero-order chi connectivity index (χ0) is 37.5. The number of fused-ring (bicyclic) bond motifs is 5. The molecule has 0 aliphatic heterocycles. The maximum atomic E-state index is 9.67. The first-order valence-corrected chi connectivity index (χ1v) is 14.5. The normalized spacial score (nSPS) is 15.3. The topological polar surface area (TPSA) is 0 Å². The molecule has 10 rings (SSSR count). The zero-order valence-electron chi connectivity index (χ0n) is 33.2. The van der Waals surface area contributed by atoms with Gasteiger partial charge in [-0.2, -0.15) is 0 Å². The molecule has 44 heavy (non-hydrogen) atoms. The number of hydrogen-bond acceptors (Lipinski definition) is 0. The fraction of sp³-hybridized carbons (Fsp3) is 0. The summed E-state index contributed by atoms with van der Waals surface area (Å²) in [4.78, 5) is 0. The highest BCUT2D eigenvalue weighted by Crippen LogP contribution is 2.49. The van der Waals surface area contributed by atoms with Gasteiger partial charge >= 0.3 is 0 Å². The minimum atomic E-state index is -0.526. The largest absolute Gasteiger partial charge is 0.0630 e. The van der Waals surface area contributed by atoms with Crippen LogP contribution in [0.15, 0.2) is 157 Å². The molecule has 0 saturated heterocycles. The molecule has 0 nitrogen and oxygen atoms in total. The fourth-order valence-electron chi connectivity index (χ4n) is 7.14. The van der Waals surface area contributed by atoms with Crippen LogP contribution in [0, 0.1) is 0 Å². The van der Waals surface area contributed by atoms with E-state index >= 15 is 0 Å². The molecule has 0 radical (unpaired) electrons. The van der Waals surface area contributed by atoms with Gasteiger partial charge in [0.1, 0.15) is 0 Å². The minimum Gasteiger partial charge on any atom is -0.0616 e. The lowest BCUT2D eigenvalue weighted by atomic mass is 9.82. The first-order valence-electron chi connectivity index (χ1n) is 19.5. The lowest BCUT2D eigenvalue weighted by Gasteiger charge is -2.21. The highest BCUT2D eigenvalue weighted by atomic mass is 14.2. The van der Waals surface area contributed by atoms with Crippen LogP contribution < -0.4 is 0 Å². The Morgan fingerprint density at radius 1 is 0.341 bits per heavy atom. The molecule has 0 fully saturated rings. The first-order chi connectivity index (χ1) is 26.0. The van der Waals surface area contributed by atoms with E-state index in [4.69, 9.17) is 6.85 Å². The first kappa shape index (κ1) is 16.2. The van der Waals surface area contributed by atoms with Crippen molar-refractivity contribution in [1.29, 1.82) is 0 Å². The molecule has 0 aliphatic rings. The summed E-state index contributed by atoms with van der Waals surface area (Å²) in [5, 5.41) is 8.18. The van der Waals surface area contributed by atoms with Crippen LogP contribution in [0.25, 0.3) is 97.7 Å². The van der Waals surface area contributed by atoms with Gasteiger partial charge in [-0.25, -0.2) is 0 Å². The monoisotopic (exact) mass is 564 g/mol. The van der Waals surface area contributed by atoms with E-state index in [2.05, 4.69) is 6.07 Å². The Morgan fingerprint density at radius 3 is 1.82 bits per heavy atom. The molecule has 0 unspecified atom stereocenters. The van der Waals surface area contributed by atoms with Crippen LogP contribution in [0.5, 0.6) is 0 Å². The summed E-state index contributed by atoms with van der Waals surface area (Å²) >= 11 is 0. The smallest absolute Gasteiger partial charge is 0.0616 e. The molecule has 0 amide bonds. The summed E-state index contributed by atoms with van der Waals surface area (Å²) < 4.78 is 91.5. The van der Waals surface area contributed by atoms with Crippen molar-refractivity contribution in [2.75, 3.05) is 0 Å². The van der Waals surface area contributed by atoms with E-state index in [9.17, 15) is 6.85 Å². The molecule has 0 atom stereocenters. The number of hydrogen-bond donors (Lipinski definition) is 0. The Bertz CT molecular complexity index is 3320. The maximum absolute atomic E-state index is 9.67. The third-order valence-electron chi connectivity index (χ3n) is 9.02. The van der Waals surface area contributed by atoms with Crippen LogP contribution in [0.4, 0.5) is 0 Å². The van der Waals surface area contributed by atoms with Crippen molar-refractivity contribution < 1.29 is 13.7 Å². The molecule has 202 valence electrons. The zero-order valence-corrected chi connectivity index (χ0v) is 23.2. The molecule has 0 bridgehead atoms. The van der Waals surface area contributed by atoms with Gasteiger partial charge in [-0.15, -0.1) is 0 Å². The van der Waals surface area contributed by atoms with Crippen LogP contribution in [0.1, 0.15) is 13.7 Å². The van der Waals surface area contributed by atoms with Crippen molar-refractivity contribution in [3.05, 3.63) is 157 Å². The summed E-state index contributed by atoms with van der Waals surface area (Å²) in [6, 6.07) is 27.3. The lowest BCUT2D eigenvalue weighted by molar-refractivity contribution is 1.70. The van der Waals surface area contributed by atoms with Gasteiger partial charge in [0.05, 0.1) is 13.7 Å². The second-order valence-electron chi connectivity index (χ2n) is 11.3. The van der Waals surface area contributed by atoms with E-state index in [0.717, 1.165) is 43.1 Å². The minimum absolute atomic E-state index is 0.0223. The Hall–Kier alpha value is -5.72. The Balaban J connectivity index is 1.57. The van der Waals surface area contributed by atoms with Crippen molar-refractivity contribution in [3.63, 3.8) is 0 Å². The fourth-order valence-corrected chi connectivity index (χ4v) is 7.14. The third kappa shape index (κ3) is 3.23. The Morgan fingerprint density at radius 2 is 0.977 bits per heavy atom. The number of benzene rings is 10. The molecule has 0 N–H and O–H groups in total. The average molecular weight is 565 g/mol. The molecule has 0 aromatic heterocycles. The maximum Gasteiger partial charge on any atom is 0.0630 e. The van der Waals surface area contributed by atoms with Gasteiger partial charge in [0, 0.05) is 0 Å². The molecule has 0 aliphatic carbocycles. The molecule has 0 heterocycles. The van der Waals surface area contributed by atoms with Crippen molar-refractivity contribution in [3.8, 4) is 22.3 Å². The quantitative estimate of drug-likeness (QED) is 0.145. The van der Waals surface area contributed by atoms with Crippen molar-refractivity contribution >= 4 is 75.4 Å². The van der Waals surface area contributed by atoms with Gasteiger partial charge in [-0.05, 0) is 104 Å². The van der Waals surface area contributed by atoms with Crippen LogP contribution in [0.3, 0.4) is 0 Å². The summed E-state index contributed by atoms with van der Waals surface area (Å²) in [5.41, 5.74) is 1.74. The molecule has 0 spiro atoms. The molecular weight excluding hydrogens is 528 g/mol. The third-order valence-corrected chi connectivity index (χ3v) is 9.02. The van der Waals surface area contributed by atoms with E-state index in [0.29, 0.717) is 22.3 Å². The second kappa shape index (κ2) is 8.89. The second-order valence-corrected chi connectivity index (χ2v) is 11.3. The van der Waals surface area contributed by atoms with Gasteiger partial charge in [0.25, 0.3) is 0 Å². The van der Waals surface area contributed by atoms with E-state index in [1.807, 2.05) is 91.0 Å². The van der Waals surface area contributed by atoms with E-state index in [1.165, 1.54) is 0 Å². The van der Waals surface area contributed by atoms with E-state index < -0.39 is 42.3 Å². The van der Waals surface area contributed by atoms with Crippen molar-refractivity contribution in [2.45, 2.75) is 0 Å². The predicted molar refractivity (Wildman–Crippen MR) is 191 cm³/mol. The van der Waals surface area contributed by atoms with Crippen molar-refractivity contribution in [2.24, 2.45) is 0 Å². The number of rotatable bonds is 2. The van der Waals surface area contributed by atoms with Gasteiger partial charge in [-0.3, -0.25) is 0 Å². The summed E-state index contributed by atoms with van der Waals surface area (Å²) in [5.74, 6) is 0. The Labute approximate surface area is 268 Å². The summed E-state index contributed by atoms with van der Waals surface area (Å²) in [7, 11) is 0. The molecular formula is C44H26. The predicted octanol–water partition coefficient (Wildman–Crippen LogP) is 12.5. The van der Waals surface area contributed by atoms with Gasteiger partial charge in [-0.1, -0.05) is 151 Å². The van der Waals surface area contributed by atoms with E-state index in [1.54, 1.807) is 0 Å². The molecule has 0 saturated carbocycles. The highest BCUT2D eigenvalue weighted by molar-refractivity contribution is 6.32. The standard InChI is InChI=1S/C44H26/c1-2-10-32-26-33(19-16-27(32)8-1)41-35-14-5-6-15-36(35)44(43-34-13-4-3-9-28(34)20-25-39(41)43)38-24-22-31-18-17-29-11-7-12-30-21-23-37(38)42(31)40(29)30/h1-26H/i3D,4D,5D,6D,9D,13D,14D,15D,20D,25D. The van der Waals surface area contributed by atoms with Gasteiger partial charge < -0.3 is 0 Å². The van der Waals surface area contributed by atoms with Crippen LogP contribution in [0.2, 0.25) is 0 Å². The lowest BCUT2D eigenvalue weighted by Crippen LogP contribution is -1.93. The van der Waals surface area contributed by atoms with Crippen LogP contribution >= 0.6 is 0 Å². The SMILES string of the molecule is [2H]c1c([2H])c([2H])c2c(-c3ccc4ccc5cccc6ccc3c4c56)c3c(c([2H])c([2H])c4c([2H])c([2H])c([2H])c([2H])c43)c(-c3ccc4ccccc4c3)c2c1[2H]. The summed E-state index contributed by atoms with van der Waals surface area (Å²) in [6.45, 7) is 0. The molecule has 10 aromatic carbocycles. The van der Waals surface area contributed by atoms with Crippen molar-refractivity contribution in [1.82, 2.24) is 0 Å².